The van der Waals surface area contributed by atoms with E-state index in [9.17, 15) is 24.2 Å². The van der Waals surface area contributed by atoms with Crippen molar-refractivity contribution in [1.29, 1.82) is 0 Å². The van der Waals surface area contributed by atoms with E-state index in [0.29, 0.717) is 82.5 Å². The number of carboxylic acid groups (broad SMARTS) is 2. The highest BCUT2D eigenvalue weighted by Crippen LogP contribution is 2.42. The molecule has 15 heteroatoms. The fourth-order valence-corrected chi connectivity index (χ4v) is 12.9. The van der Waals surface area contributed by atoms with Gasteiger partial charge in [0.25, 0.3) is 0 Å². The number of hydrogen-bond donors (Lipinski definition) is 4. The molecule has 0 bridgehead atoms. The topological polar surface area (TPSA) is 168 Å². The number of benzene rings is 2. The number of nitrogens with zero attached hydrogens (tertiary/aromatic N) is 4. The molecule has 2 aromatic heterocycles. The summed E-state index contributed by atoms with van der Waals surface area (Å²) in [5, 5.41) is 28.4. The van der Waals surface area contributed by atoms with Gasteiger partial charge in [-0.2, -0.15) is 0 Å². The molecule has 4 N–H and O–H groups in total. The molecule has 8 heterocycles. The third kappa shape index (κ3) is 13.2. The Balaban J connectivity index is 0.631. The zero-order valence-corrected chi connectivity index (χ0v) is 44.2. The van der Waals surface area contributed by atoms with E-state index in [-0.39, 0.29) is 23.9 Å². The first kappa shape index (κ1) is 53.4. The molecule has 0 amide bonds. The molecule has 0 radical (unpaired) electrons. The van der Waals surface area contributed by atoms with Gasteiger partial charge >= 0.3 is 11.9 Å². The van der Waals surface area contributed by atoms with E-state index in [2.05, 4.69) is 53.6 Å². The summed E-state index contributed by atoms with van der Waals surface area (Å²) in [5.74, 6) is 0.485. The number of hydrogen-bond acceptors (Lipinski definition) is 12. The molecule has 14 nitrogen and oxygen atoms in total. The number of fused-ring (bicyclic) bond motifs is 2. The molecule has 2 aromatic carbocycles. The molecule has 4 fully saturated rings. The maximum absolute atomic E-state index is 14.5. The Labute approximate surface area is 442 Å². The normalized spacial score (nSPS) is 25.6. The summed E-state index contributed by atoms with van der Waals surface area (Å²) >= 11 is 0. The number of anilines is 2. The fraction of sp³-hybridized carbons (Fsp3) is 0.600. The van der Waals surface area contributed by atoms with Gasteiger partial charge in [0, 0.05) is 75.8 Å². The van der Waals surface area contributed by atoms with E-state index in [1.165, 1.54) is 23.3 Å². The molecule has 4 aromatic rings. The number of unbranched alkanes of at least 4 members (excludes halogenated alkanes) is 1. The van der Waals surface area contributed by atoms with Gasteiger partial charge in [-0.1, -0.05) is 42.5 Å². The third-order valence-corrected chi connectivity index (χ3v) is 17.0. The zero-order valence-electron chi connectivity index (χ0n) is 44.2. The molecule has 4 saturated heterocycles. The SMILES string of the molecule is CC1(C)CCCC(c2ccccc2[C@H](C(=O)O)N2CC[C@@H](OCCCCc3ccc4c(n3)NC(C3CNc5nc(CCOCC[C@@H]6CCN([C@H](C(=O)O)c7cc(F)ccc7[C@@H]7CCCCO7)C6)ccc5C3)CC4)C2)O1. The zero-order chi connectivity index (χ0) is 51.9. The van der Waals surface area contributed by atoms with E-state index in [1.54, 1.807) is 6.07 Å². The van der Waals surface area contributed by atoms with Crippen LogP contribution in [0.3, 0.4) is 0 Å². The van der Waals surface area contributed by atoms with Crippen LogP contribution in [0.15, 0.2) is 66.7 Å². The molecule has 3 unspecified atom stereocenters. The van der Waals surface area contributed by atoms with E-state index in [4.69, 9.17) is 28.9 Å². The van der Waals surface area contributed by atoms with Crippen molar-refractivity contribution >= 4 is 23.6 Å². The van der Waals surface area contributed by atoms with Crippen LogP contribution >= 0.6 is 0 Å². The first-order chi connectivity index (χ1) is 36.4. The minimum atomic E-state index is -0.955. The number of aromatic nitrogens is 2. The van der Waals surface area contributed by atoms with Gasteiger partial charge < -0.3 is 39.8 Å². The molecule has 6 aliphatic rings. The Hall–Kier alpha value is -5.03. The molecule has 0 spiro atoms. The minimum Gasteiger partial charge on any atom is -0.480 e. The summed E-state index contributed by atoms with van der Waals surface area (Å²) in [6, 6.07) is 19.9. The average Bonchev–Trinajstić information content (AvgIpc) is 4.08. The lowest BCUT2D eigenvalue weighted by atomic mass is 9.84. The van der Waals surface area contributed by atoms with Gasteiger partial charge in [-0.05, 0) is 180 Å². The van der Waals surface area contributed by atoms with Crippen molar-refractivity contribution in [1.82, 2.24) is 19.8 Å². The van der Waals surface area contributed by atoms with Crippen molar-refractivity contribution in [3.8, 4) is 0 Å². The Morgan fingerprint density at radius 3 is 2.37 bits per heavy atom. The summed E-state index contributed by atoms with van der Waals surface area (Å²) in [5.41, 5.74) is 7.52. The Bertz CT molecular complexity index is 2590. The predicted molar refractivity (Wildman–Crippen MR) is 285 cm³/mol. The molecule has 0 saturated carbocycles. The van der Waals surface area contributed by atoms with Gasteiger partial charge in [-0.25, -0.2) is 14.4 Å². The van der Waals surface area contributed by atoms with Crippen LogP contribution in [0.4, 0.5) is 16.0 Å². The van der Waals surface area contributed by atoms with Crippen LogP contribution in [0.5, 0.6) is 0 Å². The van der Waals surface area contributed by atoms with Crippen LogP contribution < -0.4 is 10.6 Å². The van der Waals surface area contributed by atoms with E-state index < -0.39 is 29.8 Å². The highest BCUT2D eigenvalue weighted by Gasteiger charge is 2.40. The number of pyridine rings is 2. The van der Waals surface area contributed by atoms with Crippen molar-refractivity contribution in [2.75, 3.05) is 69.8 Å². The van der Waals surface area contributed by atoms with Crippen molar-refractivity contribution in [3.05, 3.63) is 117 Å². The first-order valence-corrected chi connectivity index (χ1v) is 28.2. The molecule has 75 heavy (non-hydrogen) atoms. The summed E-state index contributed by atoms with van der Waals surface area (Å²) < 4.78 is 39.5. The van der Waals surface area contributed by atoms with E-state index in [0.717, 1.165) is 143 Å². The summed E-state index contributed by atoms with van der Waals surface area (Å²) in [7, 11) is 0. The summed E-state index contributed by atoms with van der Waals surface area (Å²) in [6.45, 7) is 10.1. The molecule has 0 aliphatic carbocycles. The summed E-state index contributed by atoms with van der Waals surface area (Å²) in [6.07, 6.45) is 14.5. The van der Waals surface area contributed by atoms with Crippen LogP contribution in [0.2, 0.25) is 0 Å². The lowest BCUT2D eigenvalue weighted by molar-refractivity contribution is -0.144. The Morgan fingerprint density at radius 2 is 1.55 bits per heavy atom. The second-order valence-electron chi connectivity index (χ2n) is 22.8. The van der Waals surface area contributed by atoms with Gasteiger partial charge in [0.15, 0.2) is 0 Å². The number of ether oxygens (including phenoxy) is 4. The monoisotopic (exact) mass is 1030 g/mol. The largest absolute Gasteiger partial charge is 0.480 e. The number of carbonyl (C=O) groups is 2. The smallest absolute Gasteiger partial charge is 0.325 e. The lowest BCUT2D eigenvalue weighted by Gasteiger charge is -2.38. The molecular formula is C60H79FN6O8. The quantitative estimate of drug-likeness (QED) is 0.0582. The van der Waals surface area contributed by atoms with Gasteiger partial charge in [-0.3, -0.25) is 19.4 Å². The molecule has 6 aliphatic heterocycles. The van der Waals surface area contributed by atoms with Crippen LogP contribution in [0.25, 0.3) is 0 Å². The number of likely N-dealkylation sites (tertiary alicyclic amines) is 2. The number of nitrogens with one attached hydrogen (secondary N) is 2. The Morgan fingerprint density at radius 1 is 0.787 bits per heavy atom. The first-order valence-electron chi connectivity index (χ1n) is 28.2. The van der Waals surface area contributed by atoms with Crippen LogP contribution in [0, 0.1) is 17.7 Å². The standard InChI is InChI=1S/C60H79FN6O8/c1-60(2)27-9-14-53(75-60)47-11-3-4-12-49(47)54(58(68)69)67-29-24-46(38-67)73-30-7-5-10-44-19-15-40-17-22-51(65-57(40)64-44)42-34-41-16-20-45(63-56(41)62-36-42)26-33-72-32-25-39-23-28-66(37-39)55(59(70)71)50-35-43(61)18-21-48(50)52-13-6-8-31-74-52/h3-4,11-12,15-16,18-21,35,39,42,46,51-55H,5-10,13-14,17,22-34,36-38H2,1-2H3,(H,62,63)(H,64,65)(H,68,69)(H,70,71)/t39-,42?,46+,51?,52-,53?,54+,55-/m0/s1. The van der Waals surface area contributed by atoms with Gasteiger partial charge in [0.05, 0.1) is 30.5 Å². The number of rotatable bonds is 21. The molecule has 10 rings (SSSR count). The van der Waals surface area contributed by atoms with Crippen molar-refractivity contribution in [2.24, 2.45) is 11.8 Å². The number of carboxylic acids is 2. The highest BCUT2D eigenvalue weighted by molar-refractivity contribution is 5.77. The van der Waals surface area contributed by atoms with Crippen molar-refractivity contribution < 1.29 is 43.1 Å². The molecular weight excluding hydrogens is 952 g/mol. The van der Waals surface area contributed by atoms with Gasteiger partial charge in [0.2, 0.25) is 0 Å². The number of aliphatic carboxylic acids is 2. The van der Waals surface area contributed by atoms with Crippen LogP contribution in [-0.2, 0) is 54.2 Å². The molecule has 404 valence electrons. The van der Waals surface area contributed by atoms with Crippen molar-refractivity contribution in [3.63, 3.8) is 0 Å². The van der Waals surface area contributed by atoms with Crippen LogP contribution in [0.1, 0.15) is 160 Å². The van der Waals surface area contributed by atoms with Gasteiger partial charge in [0.1, 0.15) is 29.5 Å². The average molecular weight is 1030 g/mol. The Kier molecular flexibility index (Phi) is 17.5. The highest BCUT2D eigenvalue weighted by atomic mass is 19.1. The molecule has 8 atom stereocenters. The maximum atomic E-state index is 14.5. The lowest BCUT2D eigenvalue weighted by Crippen LogP contribution is -2.40. The minimum absolute atomic E-state index is 0.00960. The second-order valence-corrected chi connectivity index (χ2v) is 22.8. The second kappa shape index (κ2) is 24.5. The number of halogens is 1. The van der Waals surface area contributed by atoms with Crippen molar-refractivity contribution in [2.45, 2.75) is 159 Å². The predicted octanol–water partition coefficient (Wildman–Crippen LogP) is 10.2. The summed E-state index contributed by atoms with van der Waals surface area (Å²) in [4.78, 5) is 39.7. The number of aryl methyl sites for hydroxylation is 2. The van der Waals surface area contributed by atoms with Gasteiger partial charge in [-0.15, -0.1) is 0 Å². The van der Waals surface area contributed by atoms with Crippen LogP contribution in [-0.4, -0.2) is 119 Å². The third-order valence-electron chi connectivity index (χ3n) is 17.0. The maximum Gasteiger partial charge on any atom is 0.325 e. The fourth-order valence-electron chi connectivity index (χ4n) is 12.9. The van der Waals surface area contributed by atoms with E-state index >= 15 is 0 Å². The van der Waals surface area contributed by atoms with E-state index in [1.807, 2.05) is 29.2 Å².